The van der Waals surface area contributed by atoms with Gasteiger partial charge in [0.05, 0.1) is 17.6 Å². The maximum Gasteiger partial charge on any atom is 0.144 e. The van der Waals surface area contributed by atoms with Gasteiger partial charge in [-0.25, -0.2) is 4.98 Å². The average Bonchev–Trinajstić information content (AvgIpc) is 2.28. The van der Waals surface area contributed by atoms with E-state index in [0.717, 1.165) is 36.6 Å². The molecule has 2 N–H and O–H groups in total. The summed E-state index contributed by atoms with van der Waals surface area (Å²) in [7, 11) is 0. The van der Waals surface area contributed by atoms with Crippen LogP contribution < -0.4 is 5.32 Å². The number of nitrogens with one attached hydrogen (secondary N) is 1. The van der Waals surface area contributed by atoms with Crippen LogP contribution in [0.4, 0.5) is 5.82 Å². The van der Waals surface area contributed by atoms with E-state index in [2.05, 4.69) is 22.2 Å². The lowest BCUT2D eigenvalue weighted by Crippen LogP contribution is -2.16. The molecule has 1 aromatic heterocycles. The monoisotopic (exact) mass is 223 g/mol. The Morgan fingerprint density at radius 3 is 2.69 bits per heavy atom. The number of hydrogen-bond donors (Lipinski definition) is 2. The Morgan fingerprint density at radius 1 is 1.38 bits per heavy atom. The van der Waals surface area contributed by atoms with E-state index < -0.39 is 0 Å². The van der Waals surface area contributed by atoms with Crippen LogP contribution >= 0.6 is 0 Å². The Morgan fingerprint density at radius 2 is 2.12 bits per heavy atom. The van der Waals surface area contributed by atoms with E-state index in [1.54, 1.807) is 6.20 Å². The molecule has 90 valence electrons. The summed E-state index contributed by atoms with van der Waals surface area (Å²) in [5.74, 6) is 1.31. The van der Waals surface area contributed by atoms with Crippen LogP contribution in [0.1, 0.15) is 31.2 Å². The summed E-state index contributed by atoms with van der Waals surface area (Å²) in [6.07, 6.45) is 3.65. The van der Waals surface area contributed by atoms with E-state index in [0.29, 0.717) is 5.92 Å². The fourth-order valence-electron chi connectivity index (χ4n) is 1.51. The minimum atomic E-state index is 0.249. The predicted molar refractivity (Wildman–Crippen MR) is 65.5 cm³/mol. The van der Waals surface area contributed by atoms with Crippen molar-refractivity contribution in [2.75, 3.05) is 18.5 Å². The molecule has 0 saturated carbocycles. The van der Waals surface area contributed by atoms with E-state index in [4.69, 9.17) is 5.11 Å². The minimum Gasteiger partial charge on any atom is -0.396 e. The van der Waals surface area contributed by atoms with Crippen molar-refractivity contribution in [3.8, 4) is 0 Å². The third kappa shape index (κ3) is 3.77. The maximum absolute atomic E-state index is 8.89. The molecule has 1 heterocycles. The lowest BCUT2D eigenvalue weighted by molar-refractivity contribution is 0.258. The lowest BCUT2D eigenvalue weighted by atomic mass is 10.0. The van der Waals surface area contributed by atoms with Crippen LogP contribution in [-0.2, 0) is 0 Å². The molecule has 1 rings (SSSR count). The highest BCUT2D eigenvalue weighted by molar-refractivity contribution is 5.33. The second-order valence-electron chi connectivity index (χ2n) is 4.09. The average molecular weight is 223 g/mol. The van der Waals surface area contributed by atoms with E-state index in [1.165, 1.54) is 0 Å². The van der Waals surface area contributed by atoms with Crippen molar-refractivity contribution in [2.24, 2.45) is 5.92 Å². The molecule has 0 bridgehead atoms. The molecular weight excluding hydrogens is 202 g/mol. The van der Waals surface area contributed by atoms with Crippen molar-refractivity contribution >= 4 is 5.82 Å². The van der Waals surface area contributed by atoms with Gasteiger partial charge in [-0.3, -0.25) is 4.98 Å². The third-order valence-corrected chi connectivity index (χ3v) is 2.88. The van der Waals surface area contributed by atoms with Gasteiger partial charge in [-0.2, -0.15) is 0 Å². The fourth-order valence-corrected chi connectivity index (χ4v) is 1.51. The summed E-state index contributed by atoms with van der Waals surface area (Å²) in [6.45, 7) is 7.13. The maximum atomic E-state index is 8.89. The molecule has 0 fully saturated rings. The first kappa shape index (κ1) is 12.9. The largest absolute Gasteiger partial charge is 0.396 e. The summed E-state index contributed by atoms with van der Waals surface area (Å²) in [5, 5.41) is 12.2. The number of anilines is 1. The van der Waals surface area contributed by atoms with Crippen LogP contribution in [0.5, 0.6) is 0 Å². The first-order valence-electron chi connectivity index (χ1n) is 5.82. The summed E-state index contributed by atoms with van der Waals surface area (Å²) >= 11 is 0. The summed E-state index contributed by atoms with van der Waals surface area (Å²) in [6, 6.07) is 0. The molecule has 1 atom stereocenters. The molecule has 0 aliphatic heterocycles. The second-order valence-corrected chi connectivity index (χ2v) is 4.09. The van der Waals surface area contributed by atoms with E-state index in [9.17, 15) is 0 Å². The number of aliphatic hydroxyl groups is 1. The van der Waals surface area contributed by atoms with E-state index in [-0.39, 0.29) is 6.61 Å². The second kappa shape index (κ2) is 6.43. The minimum absolute atomic E-state index is 0.249. The van der Waals surface area contributed by atoms with Crippen LogP contribution in [-0.4, -0.2) is 28.2 Å². The number of hydrogen-bond acceptors (Lipinski definition) is 4. The molecule has 0 amide bonds. The number of rotatable bonds is 6. The van der Waals surface area contributed by atoms with Crippen LogP contribution in [0.3, 0.4) is 0 Å². The molecule has 0 spiro atoms. The van der Waals surface area contributed by atoms with Crippen molar-refractivity contribution in [1.29, 1.82) is 0 Å². The Kier molecular flexibility index (Phi) is 5.19. The Labute approximate surface area is 97.1 Å². The van der Waals surface area contributed by atoms with Gasteiger partial charge in [0, 0.05) is 13.2 Å². The molecular formula is C12H21N3O. The molecule has 0 aromatic carbocycles. The highest BCUT2D eigenvalue weighted by atomic mass is 16.3. The Bertz CT molecular complexity index is 328. The van der Waals surface area contributed by atoms with Crippen LogP contribution in [0, 0.1) is 19.8 Å². The molecule has 1 aromatic rings. The molecule has 4 heteroatoms. The highest BCUT2D eigenvalue weighted by Crippen LogP contribution is 2.10. The Hall–Kier alpha value is -1.16. The van der Waals surface area contributed by atoms with Gasteiger partial charge in [0.25, 0.3) is 0 Å². The third-order valence-electron chi connectivity index (χ3n) is 2.88. The molecule has 0 radical (unpaired) electrons. The first-order valence-corrected chi connectivity index (χ1v) is 5.82. The smallest absolute Gasteiger partial charge is 0.144 e. The highest BCUT2D eigenvalue weighted by Gasteiger charge is 2.06. The van der Waals surface area contributed by atoms with Gasteiger partial charge >= 0.3 is 0 Å². The van der Waals surface area contributed by atoms with Crippen LogP contribution in [0.2, 0.25) is 0 Å². The molecule has 16 heavy (non-hydrogen) atoms. The summed E-state index contributed by atoms with van der Waals surface area (Å²) in [5.41, 5.74) is 1.92. The normalized spacial score (nSPS) is 12.5. The van der Waals surface area contributed by atoms with E-state index >= 15 is 0 Å². The van der Waals surface area contributed by atoms with Gasteiger partial charge in [-0.05, 0) is 26.2 Å². The molecule has 0 aliphatic rings. The SMILES string of the molecule is CCC(CCO)CNc1cnc(C)c(C)n1. The van der Waals surface area contributed by atoms with Crippen molar-refractivity contribution in [3.05, 3.63) is 17.6 Å². The van der Waals surface area contributed by atoms with Gasteiger partial charge in [-0.15, -0.1) is 0 Å². The number of aliphatic hydroxyl groups excluding tert-OH is 1. The fraction of sp³-hybridized carbons (Fsp3) is 0.667. The Balaban J connectivity index is 2.50. The van der Waals surface area contributed by atoms with Gasteiger partial charge in [0.15, 0.2) is 0 Å². The van der Waals surface area contributed by atoms with Gasteiger partial charge in [-0.1, -0.05) is 13.3 Å². The zero-order chi connectivity index (χ0) is 12.0. The molecule has 0 aliphatic carbocycles. The van der Waals surface area contributed by atoms with E-state index in [1.807, 2.05) is 13.8 Å². The molecule has 4 nitrogen and oxygen atoms in total. The molecule has 0 saturated heterocycles. The van der Waals surface area contributed by atoms with Crippen molar-refractivity contribution in [2.45, 2.75) is 33.6 Å². The number of aromatic nitrogens is 2. The van der Waals surface area contributed by atoms with Crippen molar-refractivity contribution in [3.63, 3.8) is 0 Å². The van der Waals surface area contributed by atoms with Gasteiger partial charge < -0.3 is 10.4 Å². The van der Waals surface area contributed by atoms with Crippen LogP contribution in [0.15, 0.2) is 6.20 Å². The quantitative estimate of drug-likeness (QED) is 0.773. The molecule has 1 unspecified atom stereocenters. The predicted octanol–water partition coefficient (Wildman–Crippen LogP) is 1.91. The van der Waals surface area contributed by atoms with Crippen molar-refractivity contribution in [1.82, 2.24) is 9.97 Å². The summed E-state index contributed by atoms with van der Waals surface area (Å²) < 4.78 is 0. The standard InChI is InChI=1S/C12H21N3O/c1-4-11(5-6-16)7-14-12-8-13-9(2)10(3)15-12/h8,11,16H,4-7H2,1-3H3,(H,14,15). The topological polar surface area (TPSA) is 58.0 Å². The van der Waals surface area contributed by atoms with Gasteiger partial charge in [0.2, 0.25) is 0 Å². The summed E-state index contributed by atoms with van der Waals surface area (Å²) in [4.78, 5) is 8.66. The zero-order valence-corrected chi connectivity index (χ0v) is 10.3. The first-order chi connectivity index (χ1) is 7.67. The van der Waals surface area contributed by atoms with Gasteiger partial charge in [0.1, 0.15) is 5.82 Å². The number of nitrogens with zero attached hydrogens (tertiary/aromatic N) is 2. The van der Waals surface area contributed by atoms with Crippen molar-refractivity contribution < 1.29 is 5.11 Å². The zero-order valence-electron chi connectivity index (χ0n) is 10.3. The van der Waals surface area contributed by atoms with Crippen LogP contribution in [0.25, 0.3) is 0 Å². The lowest BCUT2D eigenvalue weighted by Gasteiger charge is -2.14. The number of aryl methyl sites for hydroxylation is 2.